The molecule has 0 atom stereocenters. The van der Waals surface area contributed by atoms with Crippen LogP contribution in [0.25, 0.3) is 32.6 Å². The first-order chi connectivity index (χ1) is 14.7. The van der Waals surface area contributed by atoms with Crippen LogP contribution in [0.2, 0.25) is 0 Å². The Morgan fingerprint density at radius 1 is 1.07 bits per heavy atom. The molecular weight excluding hydrogens is 386 g/mol. The first-order valence-electron chi connectivity index (χ1n) is 9.64. The molecule has 1 aliphatic rings. The lowest BCUT2D eigenvalue weighted by Gasteiger charge is -2.17. The molecule has 0 spiro atoms. The van der Waals surface area contributed by atoms with Gasteiger partial charge in [0.25, 0.3) is 5.56 Å². The fraction of sp³-hybridized carbons (Fsp3) is 0.273. The van der Waals surface area contributed by atoms with Crippen LogP contribution in [0, 0.1) is 0 Å². The lowest BCUT2D eigenvalue weighted by Crippen LogP contribution is -2.26. The summed E-state index contributed by atoms with van der Waals surface area (Å²) in [5.41, 5.74) is 2.41. The molecule has 0 radical (unpaired) electrons. The lowest BCUT2D eigenvalue weighted by molar-refractivity contribution is -0.194. The Morgan fingerprint density at radius 3 is 2.57 bits per heavy atom. The topological polar surface area (TPSA) is 83.8 Å². The monoisotopic (exact) mass is 407 g/mol. The average molecular weight is 407 g/mol. The molecule has 0 aliphatic carbocycles. The Labute approximate surface area is 171 Å². The van der Waals surface area contributed by atoms with Crippen molar-refractivity contribution in [3.63, 3.8) is 0 Å². The molecule has 154 valence electrons. The van der Waals surface area contributed by atoms with Crippen LogP contribution in [0.3, 0.4) is 0 Å². The van der Waals surface area contributed by atoms with Crippen molar-refractivity contribution in [1.29, 1.82) is 0 Å². The van der Waals surface area contributed by atoms with Crippen molar-refractivity contribution in [2.75, 3.05) is 27.8 Å². The molecule has 1 N–H and O–H groups in total. The molecule has 8 heteroatoms. The van der Waals surface area contributed by atoms with Gasteiger partial charge < -0.3 is 24.2 Å². The van der Waals surface area contributed by atoms with E-state index in [1.165, 1.54) is 0 Å². The maximum atomic E-state index is 13.6. The number of pyridine rings is 2. The van der Waals surface area contributed by atoms with E-state index in [2.05, 4.69) is 10.3 Å². The molecular formula is C22H21N3O5. The molecule has 2 aromatic carbocycles. The number of rotatable bonds is 5. The Balaban J connectivity index is 1.96. The third kappa shape index (κ3) is 2.68. The quantitative estimate of drug-likeness (QED) is 0.402. The fourth-order valence-corrected chi connectivity index (χ4v) is 4.05. The van der Waals surface area contributed by atoms with Crippen molar-refractivity contribution in [2.45, 2.75) is 13.2 Å². The van der Waals surface area contributed by atoms with Gasteiger partial charge in [-0.05, 0) is 25.2 Å². The Morgan fingerprint density at radius 2 is 1.83 bits per heavy atom. The highest BCUT2D eigenvalue weighted by molar-refractivity contribution is 6.14. The summed E-state index contributed by atoms with van der Waals surface area (Å²) in [4.78, 5) is 28.5. The normalized spacial score (nSPS) is 13.0. The van der Waals surface area contributed by atoms with Crippen LogP contribution in [0.5, 0.6) is 17.2 Å². The summed E-state index contributed by atoms with van der Waals surface area (Å²) in [5.74, 6) is 1.74. The predicted octanol–water partition coefficient (Wildman–Crippen LogP) is 2.76. The third-order valence-electron chi connectivity index (χ3n) is 5.53. The summed E-state index contributed by atoms with van der Waals surface area (Å²) in [6.07, 6.45) is 1.80. The van der Waals surface area contributed by atoms with Gasteiger partial charge in [0.1, 0.15) is 6.61 Å². The molecule has 5 rings (SSSR count). The maximum absolute atomic E-state index is 13.6. The van der Waals surface area contributed by atoms with Gasteiger partial charge >= 0.3 is 0 Å². The van der Waals surface area contributed by atoms with Crippen LogP contribution in [-0.4, -0.2) is 37.4 Å². The molecule has 0 unspecified atom stereocenters. The average Bonchev–Trinajstić information content (AvgIpc) is 3.23. The summed E-state index contributed by atoms with van der Waals surface area (Å²) in [7, 11) is 5.00. The Hall–Kier alpha value is -3.36. The minimum absolute atomic E-state index is 0.0887. The van der Waals surface area contributed by atoms with Gasteiger partial charge in [0, 0.05) is 47.1 Å². The zero-order valence-corrected chi connectivity index (χ0v) is 16.9. The van der Waals surface area contributed by atoms with Gasteiger partial charge in [-0.1, -0.05) is 0 Å². The highest BCUT2D eigenvalue weighted by atomic mass is 17.2. The Kier molecular flexibility index (Phi) is 4.45. The van der Waals surface area contributed by atoms with Gasteiger partial charge in [-0.15, -0.1) is 0 Å². The number of benzene rings is 2. The summed E-state index contributed by atoms with van der Waals surface area (Å²) in [6.45, 7) is 1.52. The van der Waals surface area contributed by atoms with Crippen molar-refractivity contribution in [1.82, 2.24) is 14.9 Å². The number of hydrogen-bond acceptors (Lipinski definition) is 7. The number of hydrogen-bond donors (Lipinski definition) is 1. The summed E-state index contributed by atoms with van der Waals surface area (Å²) >= 11 is 0. The van der Waals surface area contributed by atoms with E-state index in [9.17, 15) is 4.79 Å². The standard InChI is InChI=1S/C22H21N3O5/c1-23-4-5-25-21-15-6-12-11-29-30-18(12)9-17(15)24-10-16(21)13-7-19(27-2)20(28-3)8-14(13)22(25)26/h6-10,23H,4-5,11H2,1-3H3. The maximum Gasteiger partial charge on any atom is 0.259 e. The van der Waals surface area contributed by atoms with Crippen molar-refractivity contribution >= 4 is 32.6 Å². The fourth-order valence-electron chi connectivity index (χ4n) is 4.05. The molecule has 0 saturated heterocycles. The summed E-state index contributed by atoms with van der Waals surface area (Å²) < 4.78 is 12.7. The molecule has 1 aliphatic heterocycles. The van der Waals surface area contributed by atoms with Gasteiger partial charge in [0.15, 0.2) is 17.2 Å². The molecule has 8 nitrogen and oxygen atoms in total. The lowest BCUT2D eigenvalue weighted by atomic mass is 10.0. The van der Waals surface area contributed by atoms with Crippen LogP contribution < -0.4 is 25.2 Å². The van der Waals surface area contributed by atoms with E-state index in [1.54, 1.807) is 31.0 Å². The zero-order valence-electron chi connectivity index (χ0n) is 16.9. The third-order valence-corrected chi connectivity index (χ3v) is 5.53. The van der Waals surface area contributed by atoms with Crippen LogP contribution in [-0.2, 0) is 18.0 Å². The second-order valence-corrected chi connectivity index (χ2v) is 7.16. The van der Waals surface area contributed by atoms with Gasteiger partial charge in [0.05, 0.1) is 30.6 Å². The van der Waals surface area contributed by atoms with E-state index in [4.69, 9.17) is 19.2 Å². The van der Waals surface area contributed by atoms with E-state index >= 15 is 0 Å². The Bertz CT molecular complexity index is 1360. The van der Waals surface area contributed by atoms with Crippen LogP contribution in [0.1, 0.15) is 5.56 Å². The van der Waals surface area contributed by atoms with Crippen LogP contribution in [0.4, 0.5) is 0 Å². The SMILES string of the molecule is CNCCn1c(=O)c2cc(OC)c(OC)cc2c2cnc3cc4c(cc3c21)COO4. The highest BCUT2D eigenvalue weighted by Gasteiger charge is 2.20. The first-order valence-corrected chi connectivity index (χ1v) is 9.64. The molecule has 0 fully saturated rings. The molecule has 30 heavy (non-hydrogen) atoms. The summed E-state index contributed by atoms with van der Waals surface area (Å²) in [5, 5.41) is 6.21. The molecule has 0 bridgehead atoms. The zero-order chi connectivity index (χ0) is 20.8. The minimum atomic E-state index is -0.0887. The number of fused-ring (bicyclic) bond motifs is 6. The number of likely N-dealkylation sites (N-methyl/N-ethyl adjacent to an activating group) is 1. The van der Waals surface area contributed by atoms with Gasteiger partial charge in [-0.3, -0.25) is 9.78 Å². The predicted molar refractivity (Wildman–Crippen MR) is 113 cm³/mol. The van der Waals surface area contributed by atoms with E-state index in [0.29, 0.717) is 42.3 Å². The van der Waals surface area contributed by atoms with Gasteiger partial charge in [0.2, 0.25) is 0 Å². The second-order valence-electron chi connectivity index (χ2n) is 7.16. The number of aromatic nitrogens is 2. The van der Waals surface area contributed by atoms with Crippen LogP contribution >= 0.6 is 0 Å². The largest absolute Gasteiger partial charge is 0.493 e. The first kappa shape index (κ1) is 18.7. The minimum Gasteiger partial charge on any atom is -0.493 e. The molecule has 4 aromatic rings. The van der Waals surface area contributed by atoms with Crippen molar-refractivity contribution in [2.24, 2.45) is 0 Å². The number of ether oxygens (including phenoxy) is 2. The molecule has 3 heterocycles. The van der Waals surface area contributed by atoms with Crippen molar-refractivity contribution < 1.29 is 19.2 Å². The number of nitrogens with zero attached hydrogens (tertiary/aromatic N) is 2. The smallest absolute Gasteiger partial charge is 0.259 e. The van der Waals surface area contributed by atoms with Gasteiger partial charge in [-0.25, -0.2) is 0 Å². The second kappa shape index (κ2) is 7.16. The number of methoxy groups -OCH3 is 2. The van der Waals surface area contributed by atoms with Crippen molar-refractivity contribution in [3.05, 3.63) is 46.4 Å². The van der Waals surface area contributed by atoms with E-state index in [-0.39, 0.29) is 5.56 Å². The van der Waals surface area contributed by atoms with E-state index in [0.717, 1.165) is 32.8 Å². The summed E-state index contributed by atoms with van der Waals surface area (Å²) in [6, 6.07) is 7.42. The van der Waals surface area contributed by atoms with Crippen LogP contribution in [0.15, 0.2) is 35.3 Å². The molecule has 0 amide bonds. The number of nitrogens with one attached hydrogen (secondary N) is 1. The highest BCUT2D eigenvalue weighted by Crippen LogP contribution is 2.37. The molecule has 2 aromatic heterocycles. The van der Waals surface area contributed by atoms with Gasteiger partial charge in [-0.2, -0.15) is 4.89 Å². The van der Waals surface area contributed by atoms with E-state index < -0.39 is 0 Å². The van der Waals surface area contributed by atoms with E-state index in [1.807, 2.05) is 25.2 Å². The van der Waals surface area contributed by atoms with Crippen molar-refractivity contribution in [3.8, 4) is 17.2 Å². The molecule has 0 saturated carbocycles.